The van der Waals surface area contributed by atoms with E-state index in [0.29, 0.717) is 23.5 Å². The highest BCUT2D eigenvalue weighted by Crippen LogP contribution is 2.63. The zero-order chi connectivity index (χ0) is 17.6. The van der Waals surface area contributed by atoms with Gasteiger partial charge in [-0.25, -0.2) is 0 Å². The third-order valence-corrected chi connectivity index (χ3v) is 6.25. The minimum Gasteiger partial charge on any atom is -0.509 e. The van der Waals surface area contributed by atoms with Crippen molar-refractivity contribution in [2.45, 2.75) is 58.8 Å². The fourth-order valence-electron chi connectivity index (χ4n) is 5.33. The van der Waals surface area contributed by atoms with Crippen LogP contribution in [0.2, 0.25) is 0 Å². The number of allylic oxidation sites excluding steroid dienone is 2. The van der Waals surface area contributed by atoms with Crippen LogP contribution in [0.3, 0.4) is 0 Å². The number of likely N-dealkylation sites (tertiary alicyclic amines) is 1. The molecular weight excluding hydrogens is 302 g/mol. The maximum absolute atomic E-state index is 10.2. The first kappa shape index (κ1) is 17.6. The fraction of sp³-hybridized carbons (Fsp3) is 0.700. The second-order valence-electron chi connectivity index (χ2n) is 7.26. The monoisotopic (exact) mass is 333 g/mol. The number of aliphatic hydroxyl groups excluding tert-OH is 1. The molecule has 4 aliphatic rings. The zero-order valence-corrected chi connectivity index (χ0v) is 15.8. The molecule has 2 aliphatic heterocycles. The molecule has 2 heterocycles. The predicted octanol–water partition coefficient (Wildman–Crippen LogP) is 3.81. The summed E-state index contributed by atoms with van der Waals surface area (Å²) in [4.78, 5) is 2.48. The van der Waals surface area contributed by atoms with Gasteiger partial charge in [0.25, 0.3) is 0 Å². The minimum absolute atomic E-state index is 0.0222. The van der Waals surface area contributed by atoms with Gasteiger partial charge in [0, 0.05) is 30.1 Å². The number of aliphatic hydroxyl groups is 1. The third-order valence-electron chi connectivity index (χ3n) is 6.25. The van der Waals surface area contributed by atoms with Gasteiger partial charge in [-0.3, -0.25) is 0 Å². The van der Waals surface area contributed by atoms with Crippen LogP contribution < -0.4 is 0 Å². The van der Waals surface area contributed by atoms with E-state index in [0.717, 1.165) is 19.4 Å². The average molecular weight is 333 g/mol. The first-order valence-electron chi connectivity index (χ1n) is 9.19. The topological polar surface area (TPSA) is 41.9 Å². The van der Waals surface area contributed by atoms with Gasteiger partial charge >= 0.3 is 0 Å². The van der Waals surface area contributed by atoms with Crippen LogP contribution in [-0.4, -0.2) is 49.0 Å². The number of nitrogens with zero attached hydrogens (tertiary/aromatic N) is 1. The SMILES string of the molecule is CC.CO[C@H]1C=CC2C3CC(C)=C4/C(=C(\C)O)O[C@@H]1C42CCN3C. The van der Waals surface area contributed by atoms with Crippen molar-refractivity contribution in [3.8, 4) is 0 Å². The molecule has 5 atom stereocenters. The van der Waals surface area contributed by atoms with Crippen molar-refractivity contribution in [2.75, 3.05) is 20.7 Å². The van der Waals surface area contributed by atoms with Crippen molar-refractivity contribution >= 4 is 0 Å². The Labute approximate surface area is 145 Å². The lowest BCUT2D eigenvalue weighted by atomic mass is 9.53. The molecule has 1 N–H and O–H groups in total. The van der Waals surface area contributed by atoms with Crippen molar-refractivity contribution < 1.29 is 14.6 Å². The van der Waals surface area contributed by atoms with Gasteiger partial charge in [0.1, 0.15) is 18.0 Å². The number of hydrogen-bond donors (Lipinski definition) is 1. The average Bonchev–Trinajstić information content (AvgIpc) is 2.93. The fourth-order valence-corrected chi connectivity index (χ4v) is 5.33. The van der Waals surface area contributed by atoms with E-state index in [9.17, 15) is 5.11 Å². The minimum atomic E-state index is -0.0435. The van der Waals surface area contributed by atoms with Crippen LogP contribution in [0.4, 0.5) is 0 Å². The molecule has 0 aromatic heterocycles. The van der Waals surface area contributed by atoms with E-state index in [1.807, 2.05) is 13.8 Å². The molecule has 0 saturated carbocycles. The van der Waals surface area contributed by atoms with E-state index in [1.54, 1.807) is 14.0 Å². The Kier molecular flexibility index (Phi) is 4.56. The summed E-state index contributed by atoms with van der Waals surface area (Å²) in [6, 6.07) is 0.524. The summed E-state index contributed by atoms with van der Waals surface area (Å²) >= 11 is 0. The largest absolute Gasteiger partial charge is 0.509 e. The first-order chi connectivity index (χ1) is 11.5. The van der Waals surface area contributed by atoms with Crippen LogP contribution in [-0.2, 0) is 9.47 Å². The number of piperidine rings is 1. The van der Waals surface area contributed by atoms with Gasteiger partial charge in [-0.1, -0.05) is 31.6 Å². The lowest BCUT2D eigenvalue weighted by Gasteiger charge is -2.56. The normalized spacial score (nSPS) is 42.1. The highest BCUT2D eigenvalue weighted by molar-refractivity contribution is 5.50. The van der Waals surface area contributed by atoms with Gasteiger partial charge in [-0.05, 0) is 40.3 Å². The molecule has 4 nitrogen and oxygen atoms in total. The molecule has 24 heavy (non-hydrogen) atoms. The molecular formula is C20H31NO3. The van der Waals surface area contributed by atoms with Gasteiger partial charge < -0.3 is 19.5 Å². The Morgan fingerprint density at radius 2 is 2.08 bits per heavy atom. The summed E-state index contributed by atoms with van der Waals surface area (Å²) in [5.74, 6) is 1.45. The maximum Gasteiger partial charge on any atom is 0.160 e. The molecule has 2 fully saturated rings. The summed E-state index contributed by atoms with van der Waals surface area (Å²) in [6.07, 6.45) is 6.55. The molecule has 4 rings (SSSR count). The zero-order valence-electron chi connectivity index (χ0n) is 15.8. The van der Waals surface area contributed by atoms with E-state index in [2.05, 4.69) is 31.0 Å². The van der Waals surface area contributed by atoms with Crippen LogP contribution in [0.1, 0.15) is 40.5 Å². The lowest BCUT2D eigenvalue weighted by molar-refractivity contribution is -0.0907. The van der Waals surface area contributed by atoms with E-state index in [4.69, 9.17) is 9.47 Å². The van der Waals surface area contributed by atoms with Gasteiger partial charge in [-0.2, -0.15) is 0 Å². The van der Waals surface area contributed by atoms with E-state index < -0.39 is 0 Å². The van der Waals surface area contributed by atoms with Crippen LogP contribution in [0, 0.1) is 11.3 Å². The molecule has 3 unspecified atom stereocenters. The van der Waals surface area contributed by atoms with Crippen LogP contribution in [0.15, 0.2) is 34.8 Å². The van der Waals surface area contributed by atoms with Gasteiger partial charge in [0.2, 0.25) is 0 Å². The Balaban J connectivity index is 0.000000815. The standard InChI is InChI=1S/C18H25NO3.C2H6/c1-10-9-13-12-5-6-14(21-4)17-18(12,7-8-19(13)3)15(10)16(22-17)11(2)20;1-2/h5-6,12-14,17,20H,7-9H2,1-4H3;1-2H3/b16-11-;/t12?,13?,14-,17-,18?;/m0./s1. The van der Waals surface area contributed by atoms with Gasteiger partial charge in [-0.15, -0.1) is 0 Å². The highest BCUT2D eigenvalue weighted by Gasteiger charge is 2.65. The quantitative estimate of drug-likeness (QED) is 0.585. The molecule has 134 valence electrons. The van der Waals surface area contributed by atoms with Crippen molar-refractivity contribution in [1.82, 2.24) is 4.90 Å². The first-order valence-corrected chi connectivity index (χ1v) is 9.19. The third kappa shape index (κ3) is 2.12. The summed E-state index contributed by atoms with van der Waals surface area (Å²) < 4.78 is 12.0. The number of hydrogen-bond acceptors (Lipinski definition) is 4. The molecule has 0 radical (unpaired) electrons. The van der Waals surface area contributed by atoms with Crippen molar-refractivity contribution in [3.05, 3.63) is 34.8 Å². The van der Waals surface area contributed by atoms with Crippen LogP contribution >= 0.6 is 0 Å². The van der Waals surface area contributed by atoms with Crippen molar-refractivity contribution in [3.63, 3.8) is 0 Å². The smallest absolute Gasteiger partial charge is 0.160 e. The Morgan fingerprint density at radius 3 is 2.71 bits per heavy atom. The summed E-state index contributed by atoms with van der Waals surface area (Å²) in [5, 5.41) is 10.2. The molecule has 0 aromatic carbocycles. The van der Waals surface area contributed by atoms with Crippen molar-refractivity contribution in [1.29, 1.82) is 0 Å². The Morgan fingerprint density at radius 1 is 1.38 bits per heavy atom. The van der Waals surface area contributed by atoms with Gasteiger partial charge in [0.15, 0.2) is 5.76 Å². The molecule has 2 bridgehead atoms. The Bertz CT molecular complexity index is 602. The molecule has 0 amide bonds. The van der Waals surface area contributed by atoms with Crippen LogP contribution in [0.5, 0.6) is 0 Å². The molecule has 4 heteroatoms. The molecule has 0 aromatic rings. The molecule has 1 spiro atoms. The van der Waals surface area contributed by atoms with Crippen LogP contribution in [0.25, 0.3) is 0 Å². The summed E-state index contributed by atoms with van der Waals surface area (Å²) in [5.41, 5.74) is 2.59. The second kappa shape index (κ2) is 6.23. The number of rotatable bonds is 1. The van der Waals surface area contributed by atoms with E-state index in [-0.39, 0.29) is 17.6 Å². The summed E-state index contributed by atoms with van der Waals surface area (Å²) in [7, 11) is 3.97. The lowest BCUT2D eigenvalue weighted by Crippen LogP contribution is -2.61. The van der Waals surface area contributed by atoms with Gasteiger partial charge in [0.05, 0.1) is 0 Å². The summed E-state index contributed by atoms with van der Waals surface area (Å²) in [6.45, 7) is 9.00. The Hall–Kier alpha value is -1.26. The van der Waals surface area contributed by atoms with Crippen molar-refractivity contribution in [2.24, 2.45) is 11.3 Å². The molecule has 2 saturated heterocycles. The number of methoxy groups -OCH3 is 1. The highest BCUT2D eigenvalue weighted by atomic mass is 16.5. The second-order valence-corrected chi connectivity index (χ2v) is 7.26. The predicted molar refractivity (Wildman–Crippen MR) is 95.8 cm³/mol. The van der Waals surface area contributed by atoms with E-state index in [1.165, 1.54) is 11.1 Å². The van der Waals surface area contributed by atoms with E-state index >= 15 is 0 Å². The molecule has 2 aliphatic carbocycles. The maximum atomic E-state index is 10.2. The number of ether oxygens (including phenoxy) is 2.